The molecule has 1 aromatic carbocycles. The Morgan fingerprint density at radius 3 is 2.29 bits per heavy atom. The maximum Gasteiger partial charge on any atom is 0.409 e. The van der Waals surface area contributed by atoms with Gasteiger partial charge < -0.3 is 9.84 Å². The zero-order chi connectivity index (χ0) is 10.7. The van der Waals surface area contributed by atoms with Crippen molar-refractivity contribution in [3.63, 3.8) is 0 Å². The number of rotatable bonds is 2. The van der Waals surface area contributed by atoms with Gasteiger partial charge in [0.15, 0.2) is 0 Å². The molecule has 4 nitrogen and oxygen atoms in total. The zero-order valence-electron chi connectivity index (χ0n) is 7.17. The van der Waals surface area contributed by atoms with Gasteiger partial charge in [-0.2, -0.15) is 0 Å². The highest BCUT2D eigenvalue weighted by Gasteiger charge is 2.08. The molecule has 0 aromatic heterocycles. The van der Waals surface area contributed by atoms with Crippen LogP contribution in [0, 0.1) is 0 Å². The van der Waals surface area contributed by atoms with Crippen LogP contribution in [0.25, 0.3) is 0 Å². The molecule has 0 heterocycles. The molecule has 76 valence electrons. The van der Waals surface area contributed by atoms with Gasteiger partial charge in [0.2, 0.25) is 0 Å². The van der Waals surface area contributed by atoms with Crippen LogP contribution >= 0.6 is 31.9 Å². The first-order chi connectivity index (χ1) is 6.54. The molecule has 0 aliphatic carbocycles. The largest absolute Gasteiger partial charge is 0.494 e. The van der Waals surface area contributed by atoms with Crippen LogP contribution in [0.5, 0.6) is 5.75 Å². The van der Waals surface area contributed by atoms with Crippen LogP contribution in [-0.2, 0) is 0 Å². The van der Waals surface area contributed by atoms with Crippen molar-refractivity contribution in [1.82, 2.24) is 0 Å². The summed E-state index contributed by atoms with van der Waals surface area (Å²) >= 11 is 6.52. The van der Waals surface area contributed by atoms with E-state index >= 15 is 0 Å². The van der Waals surface area contributed by atoms with E-state index in [1.54, 1.807) is 12.1 Å². The molecule has 0 spiro atoms. The van der Waals surface area contributed by atoms with E-state index in [1.165, 1.54) is 7.11 Å². The first-order valence-corrected chi connectivity index (χ1v) is 5.16. The maximum atomic E-state index is 10.4. The number of carboxylic acid groups (broad SMARTS) is 1. The lowest BCUT2D eigenvalue weighted by Crippen LogP contribution is -2.07. The molecule has 2 N–H and O–H groups in total. The van der Waals surface area contributed by atoms with Crippen molar-refractivity contribution < 1.29 is 14.6 Å². The summed E-state index contributed by atoms with van der Waals surface area (Å²) in [5.41, 5.74) is 0.469. The molecule has 0 radical (unpaired) electrons. The van der Waals surface area contributed by atoms with Crippen LogP contribution in [-0.4, -0.2) is 18.3 Å². The predicted molar refractivity (Wildman–Crippen MR) is 60.0 cm³/mol. The van der Waals surface area contributed by atoms with E-state index in [2.05, 4.69) is 37.2 Å². The standard InChI is InChI=1S/C8H7Br2NO3/c1-14-7-5(9)2-4(3-6(7)10)11-8(12)13/h2-3,11H,1H3,(H,12,13). The van der Waals surface area contributed by atoms with E-state index in [1.807, 2.05) is 0 Å². The Hall–Kier alpha value is -0.750. The Labute approximate surface area is 97.5 Å². The van der Waals surface area contributed by atoms with Gasteiger partial charge in [0.25, 0.3) is 0 Å². The Bertz CT molecular complexity index is 345. The van der Waals surface area contributed by atoms with Crippen LogP contribution in [0.1, 0.15) is 0 Å². The van der Waals surface area contributed by atoms with E-state index in [9.17, 15) is 4.79 Å². The van der Waals surface area contributed by atoms with E-state index in [-0.39, 0.29) is 0 Å². The van der Waals surface area contributed by atoms with Gasteiger partial charge in [-0.25, -0.2) is 4.79 Å². The number of ether oxygens (including phenoxy) is 1. The van der Waals surface area contributed by atoms with Crippen molar-refractivity contribution in [3.05, 3.63) is 21.1 Å². The minimum absolute atomic E-state index is 0.469. The first kappa shape index (κ1) is 11.3. The minimum atomic E-state index is -1.10. The van der Waals surface area contributed by atoms with Gasteiger partial charge in [-0.15, -0.1) is 0 Å². The second-order valence-corrected chi connectivity index (χ2v) is 4.11. The molecule has 1 rings (SSSR count). The molecule has 0 bridgehead atoms. The summed E-state index contributed by atoms with van der Waals surface area (Å²) in [7, 11) is 1.54. The molecule has 0 unspecified atom stereocenters. The number of nitrogens with one attached hydrogen (secondary N) is 1. The lowest BCUT2D eigenvalue weighted by Gasteiger charge is -2.08. The smallest absolute Gasteiger partial charge is 0.409 e. The lowest BCUT2D eigenvalue weighted by atomic mass is 10.3. The fraction of sp³-hybridized carbons (Fsp3) is 0.125. The van der Waals surface area contributed by atoms with Gasteiger partial charge >= 0.3 is 6.09 Å². The van der Waals surface area contributed by atoms with Crippen LogP contribution in [0.15, 0.2) is 21.1 Å². The highest BCUT2D eigenvalue weighted by molar-refractivity contribution is 9.11. The fourth-order valence-electron chi connectivity index (χ4n) is 0.951. The number of hydrogen-bond donors (Lipinski definition) is 2. The van der Waals surface area contributed by atoms with Crippen molar-refractivity contribution in [1.29, 1.82) is 0 Å². The Kier molecular flexibility index (Phi) is 3.77. The number of benzene rings is 1. The van der Waals surface area contributed by atoms with Gasteiger partial charge in [-0.05, 0) is 44.0 Å². The van der Waals surface area contributed by atoms with Crippen molar-refractivity contribution in [3.8, 4) is 5.75 Å². The van der Waals surface area contributed by atoms with E-state index in [0.29, 0.717) is 20.4 Å². The number of anilines is 1. The lowest BCUT2D eigenvalue weighted by molar-refractivity contribution is 0.209. The van der Waals surface area contributed by atoms with Crippen molar-refractivity contribution in [2.45, 2.75) is 0 Å². The molecule has 1 amide bonds. The monoisotopic (exact) mass is 323 g/mol. The van der Waals surface area contributed by atoms with E-state index in [4.69, 9.17) is 9.84 Å². The van der Waals surface area contributed by atoms with Gasteiger partial charge in [0.05, 0.1) is 16.1 Å². The second kappa shape index (κ2) is 4.65. The molecule has 0 aliphatic rings. The average molecular weight is 325 g/mol. The second-order valence-electron chi connectivity index (χ2n) is 2.40. The van der Waals surface area contributed by atoms with Crippen molar-refractivity contribution >= 4 is 43.6 Å². The summed E-state index contributed by atoms with van der Waals surface area (Å²) < 4.78 is 6.42. The number of carbonyl (C=O) groups is 1. The van der Waals surface area contributed by atoms with Gasteiger partial charge in [-0.1, -0.05) is 0 Å². The summed E-state index contributed by atoms with van der Waals surface area (Å²) in [5, 5.41) is 10.7. The molecule has 0 fully saturated rings. The molecule has 0 saturated carbocycles. The highest BCUT2D eigenvalue weighted by Crippen LogP contribution is 2.36. The number of methoxy groups -OCH3 is 1. The van der Waals surface area contributed by atoms with Gasteiger partial charge in [0.1, 0.15) is 5.75 Å². The Morgan fingerprint density at radius 2 is 1.93 bits per heavy atom. The molecule has 0 aliphatic heterocycles. The van der Waals surface area contributed by atoms with Crippen molar-refractivity contribution in [2.75, 3.05) is 12.4 Å². The summed E-state index contributed by atoms with van der Waals surface area (Å²) in [6.07, 6.45) is -1.10. The first-order valence-electron chi connectivity index (χ1n) is 3.57. The fourth-order valence-corrected chi connectivity index (χ4v) is 2.46. The third-order valence-corrected chi connectivity index (χ3v) is 2.63. The van der Waals surface area contributed by atoms with Gasteiger partial charge in [-0.3, -0.25) is 5.32 Å². The van der Waals surface area contributed by atoms with Crippen molar-refractivity contribution in [2.24, 2.45) is 0 Å². The quantitative estimate of drug-likeness (QED) is 0.877. The van der Waals surface area contributed by atoms with E-state index < -0.39 is 6.09 Å². The Balaban J connectivity index is 3.07. The number of halogens is 2. The molecular weight excluding hydrogens is 318 g/mol. The predicted octanol–water partition coefficient (Wildman–Crippen LogP) is 3.31. The zero-order valence-corrected chi connectivity index (χ0v) is 10.3. The maximum absolute atomic E-state index is 10.4. The van der Waals surface area contributed by atoms with Gasteiger partial charge in [0, 0.05) is 5.69 Å². The van der Waals surface area contributed by atoms with Crippen LogP contribution in [0.3, 0.4) is 0 Å². The molecular formula is C8H7Br2NO3. The summed E-state index contributed by atoms with van der Waals surface area (Å²) in [6, 6.07) is 3.25. The van der Waals surface area contributed by atoms with Crippen LogP contribution < -0.4 is 10.1 Å². The molecule has 1 aromatic rings. The molecule has 0 atom stereocenters. The molecule has 0 saturated heterocycles. The Morgan fingerprint density at radius 1 is 1.43 bits per heavy atom. The summed E-state index contributed by atoms with van der Waals surface area (Å²) in [6.45, 7) is 0. The third kappa shape index (κ3) is 2.62. The summed E-state index contributed by atoms with van der Waals surface area (Å²) in [4.78, 5) is 10.4. The normalized spacial score (nSPS) is 9.64. The van der Waals surface area contributed by atoms with Crippen LogP contribution in [0.4, 0.5) is 10.5 Å². The SMILES string of the molecule is COc1c(Br)cc(NC(=O)O)cc1Br. The molecule has 14 heavy (non-hydrogen) atoms. The third-order valence-electron chi connectivity index (χ3n) is 1.45. The number of hydrogen-bond acceptors (Lipinski definition) is 2. The topological polar surface area (TPSA) is 58.6 Å². The summed E-state index contributed by atoms with van der Waals surface area (Å²) in [5.74, 6) is 0.626. The highest BCUT2D eigenvalue weighted by atomic mass is 79.9. The van der Waals surface area contributed by atoms with E-state index in [0.717, 1.165) is 0 Å². The van der Waals surface area contributed by atoms with Crippen LogP contribution in [0.2, 0.25) is 0 Å². The average Bonchev–Trinajstić information content (AvgIpc) is 2.01. The minimum Gasteiger partial charge on any atom is -0.494 e. The number of amides is 1. The molecule has 6 heteroatoms.